The summed E-state index contributed by atoms with van der Waals surface area (Å²) in [6.45, 7) is 4.93. The highest BCUT2D eigenvalue weighted by molar-refractivity contribution is 7.89. The molecule has 0 atom stereocenters. The molecule has 29 heavy (non-hydrogen) atoms. The highest BCUT2D eigenvalue weighted by Crippen LogP contribution is 2.13. The molecule has 0 aliphatic carbocycles. The highest BCUT2D eigenvalue weighted by atomic mass is 32.2. The summed E-state index contributed by atoms with van der Waals surface area (Å²) in [6, 6.07) is 8.95. The number of carbonyl (C=O) groups excluding carboxylic acids is 1. The molecule has 1 aliphatic heterocycles. The minimum Gasteiger partial charge on any atom is -0.475 e. The number of sulfonamides is 1. The van der Waals surface area contributed by atoms with Gasteiger partial charge in [-0.05, 0) is 19.1 Å². The molecule has 1 saturated heterocycles. The van der Waals surface area contributed by atoms with Crippen molar-refractivity contribution in [1.29, 1.82) is 0 Å². The molecule has 1 amide bonds. The van der Waals surface area contributed by atoms with Crippen molar-refractivity contribution < 1.29 is 36.3 Å². The molecule has 2 rings (SSSR count). The van der Waals surface area contributed by atoms with Gasteiger partial charge in [-0.25, -0.2) is 13.2 Å². The Labute approximate surface area is 167 Å². The smallest absolute Gasteiger partial charge is 0.475 e. The van der Waals surface area contributed by atoms with E-state index in [1.54, 1.807) is 29.2 Å². The van der Waals surface area contributed by atoms with E-state index in [0.717, 1.165) is 0 Å². The van der Waals surface area contributed by atoms with Crippen LogP contribution in [0, 0.1) is 0 Å². The first-order valence-corrected chi connectivity index (χ1v) is 10.4. The van der Waals surface area contributed by atoms with E-state index < -0.39 is 22.2 Å². The number of piperazine rings is 1. The monoisotopic (exact) mass is 439 g/mol. The third-order valence-corrected chi connectivity index (χ3v) is 5.87. The lowest BCUT2D eigenvalue weighted by atomic mass is 10.2. The lowest BCUT2D eigenvalue weighted by Gasteiger charge is -2.28. The van der Waals surface area contributed by atoms with E-state index in [4.69, 9.17) is 9.90 Å². The van der Waals surface area contributed by atoms with Gasteiger partial charge >= 0.3 is 12.1 Å². The number of halogens is 3. The minimum atomic E-state index is -5.08. The normalized spacial score (nSPS) is 15.2. The predicted molar refractivity (Wildman–Crippen MR) is 99.9 cm³/mol. The van der Waals surface area contributed by atoms with Crippen LogP contribution < -0.4 is 5.32 Å². The highest BCUT2D eigenvalue weighted by Gasteiger charge is 2.38. The molecule has 1 aromatic carbocycles. The van der Waals surface area contributed by atoms with E-state index in [1.165, 1.54) is 4.31 Å². The zero-order chi connectivity index (χ0) is 22.1. The summed E-state index contributed by atoms with van der Waals surface area (Å²) in [5.74, 6) is -2.91. The maximum absolute atomic E-state index is 12.4. The Morgan fingerprint density at radius 3 is 2.14 bits per heavy atom. The van der Waals surface area contributed by atoms with Crippen molar-refractivity contribution in [2.24, 2.45) is 0 Å². The van der Waals surface area contributed by atoms with Gasteiger partial charge in [-0.1, -0.05) is 18.2 Å². The van der Waals surface area contributed by atoms with E-state index in [9.17, 15) is 26.4 Å². The number of carboxylic acid groups (broad SMARTS) is 1. The molecule has 0 radical (unpaired) electrons. The van der Waals surface area contributed by atoms with Gasteiger partial charge < -0.3 is 15.3 Å². The topological polar surface area (TPSA) is 107 Å². The van der Waals surface area contributed by atoms with Crippen LogP contribution in [0.2, 0.25) is 0 Å². The standard InChI is InChI=1S/C15H23N3O3S.C2HF3O2/c1-2-17(15(19)14-6-4-3-5-7-14)12-13-22(20,21)18-10-8-16-9-11-18;3-2(4,5)1(6)7/h3-7,16H,2,8-13H2,1H3;(H,6,7). The van der Waals surface area contributed by atoms with Gasteiger partial charge in [0.15, 0.2) is 0 Å². The van der Waals surface area contributed by atoms with Gasteiger partial charge in [0, 0.05) is 44.8 Å². The van der Waals surface area contributed by atoms with Crippen LogP contribution in [0.3, 0.4) is 0 Å². The van der Waals surface area contributed by atoms with Gasteiger partial charge in [-0.15, -0.1) is 0 Å². The van der Waals surface area contributed by atoms with Gasteiger partial charge in [0.2, 0.25) is 10.0 Å². The number of nitrogens with zero attached hydrogens (tertiary/aromatic N) is 2. The summed E-state index contributed by atoms with van der Waals surface area (Å²) in [4.78, 5) is 22.9. The Kier molecular flexibility index (Phi) is 9.53. The van der Waals surface area contributed by atoms with Gasteiger partial charge in [0.25, 0.3) is 5.91 Å². The molecular formula is C17H24F3N3O5S. The van der Waals surface area contributed by atoms with Crippen LogP contribution in [0.4, 0.5) is 13.2 Å². The molecule has 0 unspecified atom stereocenters. The van der Waals surface area contributed by atoms with Crippen molar-refractivity contribution in [1.82, 2.24) is 14.5 Å². The van der Waals surface area contributed by atoms with Crippen LogP contribution in [-0.2, 0) is 14.8 Å². The van der Waals surface area contributed by atoms with Crippen LogP contribution in [0.1, 0.15) is 17.3 Å². The van der Waals surface area contributed by atoms with E-state index in [-0.39, 0.29) is 18.2 Å². The third-order valence-electron chi connectivity index (χ3n) is 4.02. The van der Waals surface area contributed by atoms with E-state index in [1.807, 2.05) is 13.0 Å². The lowest BCUT2D eigenvalue weighted by molar-refractivity contribution is -0.192. The molecule has 0 aromatic heterocycles. The molecule has 0 bridgehead atoms. The first kappa shape index (κ1) is 24.9. The summed E-state index contributed by atoms with van der Waals surface area (Å²) >= 11 is 0. The van der Waals surface area contributed by atoms with Crippen molar-refractivity contribution in [3.05, 3.63) is 35.9 Å². The van der Waals surface area contributed by atoms with Crippen molar-refractivity contribution >= 4 is 21.9 Å². The van der Waals surface area contributed by atoms with Crippen LogP contribution in [0.5, 0.6) is 0 Å². The summed E-state index contributed by atoms with van der Waals surface area (Å²) in [5, 5.41) is 10.3. The van der Waals surface area contributed by atoms with Crippen LogP contribution in [0.25, 0.3) is 0 Å². The molecule has 0 saturated carbocycles. The maximum atomic E-state index is 12.4. The van der Waals surface area contributed by atoms with Gasteiger partial charge in [-0.3, -0.25) is 4.79 Å². The Hall–Kier alpha value is -2.18. The number of nitrogens with one attached hydrogen (secondary N) is 1. The average molecular weight is 439 g/mol. The number of aliphatic carboxylic acids is 1. The fourth-order valence-electron chi connectivity index (χ4n) is 2.44. The molecule has 1 heterocycles. The van der Waals surface area contributed by atoms with Crippen molar-refractivity contribution in [3.8, 4) is 0 Å². The average Bonchev–Trinajstić information content (AvgIpc) is 2.69. The second-order valence-electron chi connectivity index (χ2n) is 6.02. The quantitative estimate of drug-likeness (QED) is 0.685. The third kappa shape index (κ3) is 8.38. The number of carbonyl (C=O) groups is 2. The molecule has 1 fully saturated rings. The largest absolute Gasteiger partial charge is 0.490 e. The zero-order valence-corrected chi connectivity index (χ0v) is 16.7. The second-order valence-corrected chi connectivity index (χ2v) is 8.11. The summed E-state index contributed by atoms with van der Waals surface area (Å²) in [7, 11) is -3.30. The lowest BCUT2D eigenvalue weighted by Crippen LogP contribution is -2.48. The van der Waals surface area contributed by atoms with Gasteiger partial charge in [-0.2, -0.15) is 17.5 Å². The first-order valence-electron chi connectivity index (χ1n) is 8.82. The predicted octanol–water partition coefficient (Wildman–Crippen LogP) is 1.02. The Balaban J connectivity index is 0.000000516. The number of hydrogen-bond acceptors (Lipinski definition) is 5. The van der Waals surface area contributed by atoms with E-state index >= 15 is 0 Å². The van der Waals surface area contributed by atoms with E-state index in [2.05, 4.69) is 5.32 Å². The number of amides is 1. The van der Waals surface area contributed by atoms with Crippen molar-refractivity contribution in [3.63, 3.8) is 0 Å². The summed E-state index contributed by atoms with van der Waals surface area (Å²) in [5.41, 5.74) is 0.587. The Morgan fingerprint density at radius 1 is 1.17 bits per heavy atom. The first-order chi connectivity index (χ1) is 13.5. The van der Waals surface area contributed by atoms with Crippen LogP contribution in [-0.4, -0.2) is 85.8 Å². The number of hydrogen-bond donors (Lipinski definition) is 2. The van der Waals surface area contributed by atoms with E-state index in [0.29, 0.717) is 38.3 Å². The Morgan fingerprint density at radius 2 is 1.69 bits per heavy atom. The maximum Gasteiger partial charge on any atom is 0.490 e. The number of alkyl halides is 3. The fourth-order valence-corrected chi connectivity index (χ4v) is 3.89. The second kappa shape index (κ2) is 11.1. The molecule has 1 aromatic rings. The minimum absolute atomic E-state index is 0.0284. The van der Waals surface area contributed by atoms with Crippen LogP contribution in [0.15, 0.2) is 30.3 Å². The summed E-state index contributed by atoms with van der Waals surface area (Å²) in [6.07, 6.45) is -5.08. The molecule has 8 nitrogen and oxygen atoms in total. The van der Waals surface area contributed by atoms with Gasteiger partial charge in [0.05, 0.1) is 5.75 Å². The fraction of sp³-hybridized carbons (Fsp3) is 0.529. The molecule has 0 spiro atoms. The molecule has 2 N–H and O–H groups in total. The molecular weight excluding hydrogens is 415 g/mol. The van der Waals surface area contributed by atoms with Crippen LogP contribution >= 0.6 is 0 Å². The zero-order valence-electron chi connectivity index (χ0n) is 15.9. The van der Waals surface area contributed by atoms with Crippen molar-refractivity contribution in [2.75, 3.05) is 45.0 Å². The number of benzene rings is 1. The van der Waals surface area contributed by atoms with Crippen molar-refractivity contribution in [2.45, 2.75) is 13.1 Å². The molecule has 1 aliphatic rings. The molecule has 12 heteroatoms. The molecule has 164 valence electrons. The van der Waals surface area contributed by atoms with Gasteiger partial charge in [0.1, 0.15) is 0 Å². The number of rotatable bonds is 6. The SMILES string of the molecule is CCN(CCS(=O)(=O)N1CCNCC1)C(=O)c1ccccc1.O=C(O)C(F)(F)F. The Bertz CT molecular complexity index is 766. The number of carboxylic acids is 1. The summed E-state index contributed by atoms with van der Waals surface area (Å²) < 4.78 is 57.9.